The van der Waals surface area contributed by atoms with Crippen molar-refractivity contribution in [1.82, 2.24) is 15.1 Å². The lowest BCUT2D eigenvalue weighted by atomic mass is 10.1. The van der Waals surface area contributed by atoms with Crippen molar-refractivity contribution in [2.45, 2.75) is 27.0 Å². The molecule has 0 aliphatic heterocycles. The predicted molar refractivity (Wildman–Crippen MR) is 106 cm³/mol. The van der Waals surface area contributed by atoms with Crippen LogP contribution >= 0.6 is 11.6 Å². The molecule has 1 aromatic heterocycles. The van der Waals surface area contributed by atoms with Gasteiger partial charge in [0.15, 0.2) is 0 Å². The van der Waals surface area contributed by atoms with E-state index in [9.17, 15) is 4.79 Å². The minimum absolute atomic E-state index is 0.127. The second kappa shape index (κ2) is 8.27. The summed E-state index contributed by atoms with van der Waals surface area (Å²) >= 11 is 5.97. The van der Waals surface area contributed by atoms with Gasteiger partial charge in [-0.05, 0) is 61.4 Å². The fourth-order valence-corrected chi connectivity index (χ4v) is 3.07. The Kier molecular flexibility index (Phi) is 5.81. The molecular weight excluding hydrogens is 362 g/mol. The molecule has 0 atom stereocenters. The molecule has 0 aliphatic rings. The Labute approximate surface area is 163 Å². The highest BCUT2D eigenvalue weighted by molar-refractivity contribution is 6.30. The van der Waals surface area contributed by atoms with Gasteiger partial charge in [0.1, 0.15) is 12.4 Å². The summed E-state index contributed by atoms with van der Waals surface area (Å²) < 4.78 is 7.63. The minimum Gasteiger partial charge on any atom is -0.489 e. The first-order valence-corrected chi connectivity index (χ1v) is 9.06. The molecule has 3 aromatic rings. The molecule has 6 heteroatoms. The number of ether oxygens (including phenoxy) is 1. The molecule has 1 heterocycles. The first-order chi connectivity index (χ1) is 12.9. The van der Waals surface area contributed by atoms with Crippen LogP contribution in [-0.4, -0.2) is 15.7 Å². The van der Waals surface area contributed by atoms with Crippen LogP contribution in [0, 0.1) is 13.8 Å². The van der Waals surface area contributed by atoms with Crippen LogP contribution in [0.25, 0.3) is 0 Å². The molecule has 0 unspecified atom stereocenters. The molecule has 0 saturated carbocycles. The zero-order valence-corrected chi connectivity index (χ0v) is 16.4. The second-order valence-electron chi connectivity index (χ2n) is 6.48. The fourth-order valence-electron chi connectivity index (χ4n) is 2.84. The molecule has 0 radical (unpaired) electrons. The highest BCUT2D eigenvalue weighted by atomic mass is 35.5. The Morgan fingerprint density at radius 2 is 2.00 bits per heavy atom. The Morgan fingerprint density at radius 1 is 1.19 bits per heavy atom. The third-order valence-corrected chi connectivity index (χ3v) is 4.48. The number of nitrogens with one attached hydrogen (secondary N) is 1. The van der Waals surface area contributed by atoms with Gasteiger partial charge in [-0.2, -0.15) is 5.10 Å². The van der Waals surface area contributed by atoms with Crippen LogP contribution in [0.15, 0.2) is 48.5 Å². The van der Waals surface area contributed by atoms with Gasteiger partial charge < -0.3 is 10.1 Å². The maximum Gasteiger partial charge on any atom is 0.251 e. The van der Waals surface area contributed by atoms with Crippen LogP contribution in [0.4, 0.5) is 0 Å². The van der Waals surface area contributed by atoms with E-state index in [4.69, 9.17) is 16.3 Å². The van der Waals surface area contributed by atoms with Crippen molar-refractivity contribution in [1.29, 1.82) is 0 Å². The summed E-state index contributed by atoms with van der Waals surface area (Å²) in [5.41, 5.74) is 4.39. The van der Waals surface area contributed by atoms with Crippen LogP contribution in [-0.2, 0) is 20.2 Å². The lowest BCUT2D eigenvalue weighted by Gasteiger charge is -2.11. The summed E-state index contributed by atoms with van der Waals surface area (Å²) in [4.78, 5) is 12.5. The fraction of sp³-hybridized carbons (Fsp3) is 0.238. The van der Waals surface area contributed by atoms with Crippen LogP contribution < -0.4 is 10.1 Å². The quantitative estimate of drug-likeness (QED) is 0.694. The van der Waals surface area contributed by atoms with Crippen molar-refractivity contribution in [3.05, 3.63) is 81.6 Å². The number of halogens is 1. The van der Waals surface area contributed by atoms with E-state index in [2.05, 4.69) is 10.4 Å². The van der Waals surface area contributed by atoms with Gasteiger partial charge in [-0.25, -0.2) is 0 Å². The van der Waals surface area contributed by atoms with Gasteiger partial charge in [0.05, 0.1) is 17.9 Å². The summed E-state index contributed by atoms with van der Waals surface area (Å²) in [5.74, 6) is 0.652. The maximum atomic E-state index is 12.5. The van der Waals surface area contributed by atoms with Gasteiger partial charge in [-0.15, -0.1) is 0 Å². The smallest absolute Gasteiger partial charge is 0.251 e. The van der Waals surface area contributed by atoms with E-state index >= 15 is 0 Å². The first-order valence-electron chi connectivity index (χ1n) is 8.68. The number of amides is 1. The van der Waals surface area contributed by atoms with Crippen LogP contribution in [0.1, 0.15) is 32.9 Å². The number of carbonyl (C=O) groups excluding carboxylic acids is 1. The number of rotatable bonds is 6. The van der Waals surface area contributed by atoms with Crippen molar-refractivity contribution in [2.24, 2.45) is 7.05 Å². The van der Waals surface area contributed by atoms with Crippen LogP contribution in [0.2, 0.25) is 5.02 Å². The van der Waals surface area contributed by atoms with Gasteiger partial charge in [0.25, 0.3) is 5.91 Å². The third-order valence-electron chi connectivity index (χ3n) is 4.25. The number of nitrogens with zero attached hydrogens (tertiary/aromatic N) is 2. The van der Waals surface area contributed by atoms with Crippen molar-refractivity contribution in [3.8, 4) is 5.75 Å². The zero-order valence-electron chi connectivity index (χ0n) is 15.6. The molecule has 2 aromatic carbocycles. The molecule has 140 valence electrons. The van der Waals surface area contributed by atoms with Gasteiger partial charge in [-0.1, -0.05) is 23.7 Å². The van der Waals surface area contributed by atoms with E-state index in [1.54, 1.807) is 16.8 Å². The van der Waals surface area contributed by atoms with E-state index in [0.717, 1.165) is 28.3 Å². The molecule has 5 nitrogen and oxygen atoms in total. The third kappa shape index (κ3) is 4.89. The van der Waals surface area contributed by atoms with E-state index in [1.165, 1.54) is 0 Å². The number of hydrogen-bond acceptors (Lipinski definition) is 3. The zero-order chi connectivity index (χ0) is 19.4. The summed E-state index contributed by atoms with van der Waals surface area (Å²) in [6.07, 6.45) is 0. The predicted octanol–water partition coefficient (Wildman–Crippen LogP) is 4.20. The molecule has 1 amide bonds. The molecule has 0 saturated heterocycles. The molecule has 0 spiro atoms. The van der Waals surface area contributed by atoms with Gasteiger partial charge in [-0.3, -0.25) is 9.48 Å². The normalized spacial score (nSPS) is 10.7. The first kappa shape index (κ1) is 19.0. The van der Waals surface area contributed by atoms with E-state index in [0.29, 0.717) is 23.7 Å². The highest BCUT2D eigenvalue weighted by Crippen LogP contribution is 2.22. The highest BCUT2D eigenvalue weighted by Gasteiger charge is 2.09. The van der Waals surface area contributed by atoms with E-state index in [1.807, 2.05) is 57.3 Å². The molecule has 0 aliphatic carbocycles. The average molecular weight is 384 g/mol. The van der Waals surface area contributed by atoms with Gasteiger partial charge in [0, 0.05) is 17.6 Å². The maximum absolute atomic E-state index is 12.5. The number of aryl methyl sites for hydroxylation is 3. The molecule has 0 bridgehead atoms. The molecule has 27 heavy (non-hydrogen) atoms. The Bertz CT molecular complexity index is 966. The van der Waals surface area contributed by atoms with Crippen molar-refractivity contribution < 1.29 is 9.53 Å². The minimum atomic E-state index is -0.127. The second-order valence-corrected chi connectivity index (χ2v) is 6.92. The summed E-state index contributed by atoms with van der Waals surface area (Å²) in [6, 6.07) is 14.9. The molecule has 1 N–H and O–H groups in total. The van der Waals surface area contributed by atoms with Crippen molar-refractivity contribution in [2.75, 3.05) is 0 Å². The van der Waals surface area contributed by atoms with Crippen LogP contribution in [0.5, 0.6) is 5.75 Å². The standard InChI is InChI=1S/C21H22ClN3O2/c1-14-9-18(22)7-8-20(14)27-13-16-5-4-6-17(11-16)21(26)23-12-19-10-15(2)24-25(19)3/h4-11H,12-13H2,1-3H3,(H,23,26). The van der Waals surface area contributed by atoms with Crippen molar-refractivity contribution >= 4 is 17.5 Å². The van der Waals surface area contributed by atoms with E-state index in [-0.39, 0.29) is 5.91 Å². The SMILES string of the molecule is Cc1cc(CNC(=O)c2cccc(COc3ccc(Cl)cc3C)c2)n(C)n1. The summed E-state index contributed by atoms with van der Waals surface area (Å²) in [6.45, 7) is 4.69. The van der Waals surface area contributed by atoms with Crippen LogP contribution in [0.3, 0.4) is 0 Å². The Morgan fingerprint density at radius 3 is 2.70 bits per heavy atom. The van der Waals surface area contributed by atoms with E-state index < -0.39 is 0 Å². The Hall–Kier alpha value is -2.79. The lowest BCUT2D eigenvalue weighted by Crippen LogP contribution is -2.24. The summed E-state index contributed by atoms with van der Waals surface area (Å²) in [7, 11) is 1.87. The lowest BCUT2D eigenvalue weighted by molar-refractivity contribution is 0.0950. The Balaban J connectivity index is 1.62. The number of benzene rings is 2. The monoisotopic (exact) mass is 383 g/mol. The molecule has 0 fully saturated rings. The molecule has 3 rings (SSSR count). The summed E-state index contributed by atoms with van der Waals surface area (Å²) in [5, 5.41) is 7.90. The van der Waals surface area contributed by atoms with Gasteiger partial charge >= 0.3 is 0 Å². The van der Waals surface area contributed by atoms with Gasteiger partial charge in [0.2, 0.25) is 0 Å². The largest absolute Gasteiger partial charge is 0.489 e. The number of aromatic nitrogens is 2. The van der Waals surface area contributed by atoms with Crippen molar-refractivity contribution in [3.63, 3.8) is 0 Å². The number of hydrogen-bond donors (Lipinski definition) is 1. The topological polar surface area (TPSA) is 56.1 Å². The molecular formula is C21H22ClN3O2. The number of carbonyl (C=O) groups is 1. The average Bonchev–Trinajstić information content (AvgIpc) is 2.96.